The van der Waals surface area contributed by atoms with Gasteiger partial charge in [-0.15, -0.1) is 12.4 Å². The number of amides is 1. The first-order chi connectivity index (χ1) is 5.76. The molecule has 2 fully saturated rings. The zero-order chi connectivity index (χ0) is 8.60. The van der Waals surface area contributed by atoms with Crippen LogP contribution in [0.4, 0.5) is 0 Å². The summed E-state index contributed by atoms with van der Waals surface area (Å²) in [5.41, 5.74) is 5.10. The molecule has 2 heterocycles. The molecule has 3 N–H and O–H groups in total. The predicted molar refractivity (Wildman–Crippen MR) is 50.7 cm³/mol. The average molecular weight is 207 g/mol. The van der Waals surface area contributed by atoms with E-state index in [2.05, 4.69) is 5.32 Å². The molecule has 2 saturated heterocycles. The average Bonchev–Trinajstić information content (AvgIpc) is 2.48. The van der Waals surface area contributed by atoms with Gasteiger partial charge in [0.15, 0.2) is 0 Å². The number of rotatable bonds is 1. The number of ether oxygens (including phenoxy) is 1. The first kappa shape index (κ1) is 10.8. The summed E-state index contributed by atoms with van der Waals surface area (Å²) in [7, 11) is 0. The van der Waals surface area contributed by atoms with Crippen molar-refractivity contribution in [3.63, 3.8) is 0 Å². The van der Waals surface area contributed by atoms with Crippen LogP contribution in [0.3, 0.4) is 0 Å². The smallest absolute Gasteiger partial charge is 0.225 e. The summed E-state index contributed by atoms with van der Waals surface area (Å²) in [5, 5.41) is 3.21. The van der Waals surface area contributed by atoms with Gasteiger partial charge in [0.25, 0.3) is 0 Å². The minimum atomic E-state index is -0.307. The van der Waals surface area contributed by atoms with E-state index in [4.69, 9.17) is 10.5 Å². The van der Waals surface area contributed by atoms with Gasteiger partial charge in [0.1, 0.15) is 0 Å². The molecule has 13 heavy (non-hydrogen) atoms. The van der Waals surface area contributed by atoms with Crippen molar-refractivity contribution in [1.82, 2.24) is 5.32 Å². The van der Waals surface area contributed by atoms with Crippen LogP contribution < -0.4 is 11.1 Å². The van der Waals surface area contributed by atoms with Gasteiger partial charge in [0, 0.05) is 25.6 Å². The van der Waals surface area contributed by atoms with E-state index in [-0.39, 0.29) is 23.7 Å². The number of nitrogens with one attached hydrogen (secondary N) is 1. The molecule has 0 unspecified atom stereocenters. The van der Waals surface area contributed by atoms with Crippen LogP contribution in [0.15, 0.2) is 0 Å². The molecular weight excluding hydrogens is 192 g/mol. The standard InChI is InChI=1S/C8H14N2O2.ClH/c9-7(11)8-1-2-12-4-6(8)3-10-5-8;/h6,10H,1-5H2,(H2,9,11);1H/t6-,8+;/m1./s1. The first-order valence-corrected chi connectivity index (χ1v) is 4.34. The number of nitrogens with two attached hydrogens (primary N) is 1. The highest BCUT2D eigenvalue weighted by Gasteiger charge is 2.49. The largest absolute Gasteiger partial charge is 0.381 e. The lowest BCUT2D eigenvalue weighted by Crippen LogP contribution is -2.48. The van der Waals surface area contributed by atoms with Crippen LogP contribution in [0.5, 0.6) is 0 Å². The lowest BCUT2D eigenvalue weighted by Gasteiger charge is -2.35. The zero-order valence-electron chi connectivity index (χ0n) is 7.41. The predicted octanol–water partition coefficient (Wildman–Crippen LogP) is -0.480. The molecule has 0 aliphatic carbocycles. The molecule has 0 aromatic heterocycles. The molecule has 76 valence electrons. The van der Waals surface area contributed by atoms with Gasteiger partial charge in [-0.1, -0.05) is 0 Å². The molecule has 2 atom stereocenters. The molecule has 0 radical (unpaired) electrons. The molecule has 2 aliphatic heterocycles. The number of carbonyl (C=O) groups is 1. The molecule has 1 amide bonds. The number of fused-ring (bicyclic) bond motifs is 1. The SMILES string of the molecule is Cl.NC(=O)[C@]12CCOC[C@H]1CNC2. The summed E-state index contributed by atoms with van der Waals surface area (Å²) in [6.07, 6.45) is 0.778. The molecule has 0 saturated carbocycles. The summed E-state index contributed by atoms with van der Waals surface area (Å²) in [6.45, 7) is 2.94. The van der Waals surface area contributed by atoms with Crippen molar-refractivity contribution in [1.29, 1.82) is 0 Å². The highest BCUT2D eigenvalue weighted by molar-refractivity contribution is 5.85. The monoisotopic (exact) mass is 206 g/mol. The lowest BCUT2D eigenvalue weighted by molar-refractivity contribution is -0.135. The Morgan fingerprint density at radius 1 is 1.62 bits per heavy atom. The second kappa shape index (κ2) is 3.82. The van der Waals surface area contributed by atoms with Crippen LogP contribution in [0, 0.1) is 11.3 Å². The summed E-state index contributed by atoms with van der Waals surface area (Å²) in [6, 6.07) is 0. The fourth-order valence-corrected chi connectivity index (χ4v) is 2.21. The van der Waals surface area contributed by atoms with Crippen LogP contribution in [-0.4, -0.2) is 32.2 Å². The van der Waals surface area contributed by atoms with Crippen molar-refractivity contribution in [2.45, 2.75) is 6.42 Å². The number of primary amides is 1. The lowest BCUT2D eigenvalue weighted by atomic mass is 9.74. The Labute approximate surface area is 83.6 Å². The van der Waals surface area contributed by atoms with Crippen LogP contribution in [0.25, 0.3) is 0 Å². The maximum absolute atomic E-state index is 11.3. The molecule has 2 rings (SSSR count). The Hall–Kier alpha value is -0.320. The van der Waals surface area contributed by atoms with E-state index in [1.807, 2.05) is 0 Å². The number of hydrogen-bond acceptors (Lipinski definition) is 3. The van der Waals surface area contributed by atoms with E-state index in [1.165, 1.54) is 0 Å². The number of halogens is 1. The van der Waals surface area contributed by atoms with Crippen molar-refractivity contribution >= 4 is 18.3 Å². The molecule has 0 spiro atoms. The van der Waals surface area contributed by atoms with Crippen LogP contribution >= 0.6 is 12.4 Å². The topological polar surface area (TPSA) is 64.4 Å². The molecule has 5 heteroatoms. The molecular formula is C8H15ClN2O2. The van der Waals surface area contributed by atoms with E-state index >= 15 is 0 Å². The number of hydrogen-bond donors (Lipinski definition) is 2. The van der Waals surface area contributed by atoms with Crippen molar-refractivity contribution < 1.29 is 9.53 Å². The van der Waals surface area contributed by atoms with Crippen LogP contribution in [0.2, 0.25) is 0 Å². The quantitative estimate of drug-likeness (QED) is 0.609. The summed E-state index contributed by atoms with van der Waals surface area (Å²) in [4.78, 5) is 11.3. The van der Waals surface area contributed by atoms with Gasteiger partial charge in [-0.25, -0.2) is 0 Å². The van der Waals surface area contributed by atoms with Gasteiger partial charge in [-0.3, -0.25) is 4.79 Å². The fraction of sp³-hybridized carbons (Fsp3) is 0.875. The molecule has 0 aromatic carbocycles. The Morgan fingerprint density at radius 2 is 2.38 bits per heavy atom. The van der Waals surface area contributed by atoms with Crippen molar-refractivity contribution in [2.24, 2.45) is 17.1 Å². The second-order valence-electron chi connectivity index (χ2n) is 3.67. The van der Waals surface area contributed by atoms with E-state index in [0.29, 0.717) is 19.1 Å². The summed E-state index contributed by atoms with van der Waals surface area (Å²) in [5.74, 6) is 0.129. The molecule has 4 nitrogen and oxygen atoms in total. The van der Waals surface area contributed by atoms with E-state index < -0.39 is 0 Å². The van der Waals surface area contributed by atoms with Crippen molar-refractivity contribution in [2.75, 3.05) is 26.3 Å². The maximum Gasteiger partial charge on any atom is 0.225 e. The molecule has 2 aliphatic rings. The maximum atomic E-state index is 11.3. The molecule has 0 aromatic rings. The third-order valence-electron chi connectivity index (χ3n) is 3.11. The summed E-state index contributed by atoms with van der Waals surface area (Å²) < 4.78 is 5.31. The van der Waals surface area contributed by atoms with Gasteiger partial charge in [0.2, 0.25) is 5.91 Å². The van der Waals surface area contributed by atoms with Gasteiger partial charge in [0.05, 0.1) is 12.0 Å². The van der Waals surface area contributed by atoms with Crippen molar-refractivity contribution in [3.05, 3.63) is 0 Å². The highest BCUT2D eigenvalue weighted by Crippen LogP contribution is 2.37. The van der Waals surface area contributed by atoms with Gasteiger partial charge >= 0.3 is 0 Å². The van der Waals surface area contributed by atoms with E-state index in [1.54, 1.807) is 0 Å². The Bertz CT molecular complexity index is 212. The first-order valence-electron chi connectivity index (χ1n) is 4.34. The van der Waals surface area contributed by atoms with Crippen molar-refractivity contribution in [3.8, 4) is 0 Å². The van der Waals surface area contributed by atoms with Gasteiger partial charge in [-0.2, -0.15) is 0 Å². The highest BCUT2D eigenvalue weighted by atomic mass is 35.5. The van der Waals surface area contributed by atoms with E-state index in [9.17, 15) is 4.79 Å². The van der Waals surface area contributed by atoms with Gasteiger partial charge < -0.3 is 15.8 Å². The zero-order valence-corrected chi connectivity index (χ0v) is 8.23. The van der Waals surface area contributed by atoms with Crippen LogP contribution in [0.1, 0.15) is 6.42 Å². The number of carbonyl (C=O) groups excluding carboxylic acids is 1. The summed E-state index contributed by atoms with van der Waals surface area (Å²) >= 11 is 0. The molecule has 0 bridgehead atoms. The third-order valence-corrected chi connectivity index (χ3v) is 3.11. The second-order valence-corrected chi connectivity index (χ2v) is 3.67. The Kier molecular flexibility index (Phi) is 3.16. The van der Waals surface area contributed by atoms with Gasteiger partial charge in [-0.05, 0) is 6.42 Å². The van der Waals surface area contributed by atoms with Crippen LogP contribution in [-0.2, 0) is 9.53 Å². The normalized spacial score (nSPS) is 37.7. The Balaban J connectivity index is 0.000000845. The minimum Gasteiger partial charge on any atom is -0.381 e. The fourth-order valence-electron chi connectivity index (χ4n) is 2.21. The minimum absolute atomic E-state index is 0. The van der Waals surface area contributed by atoms with E-state index in [0.717, 1.165) is 19.5 Å². The Morgan fingerprint density at radius 3 is 3.00 bits per heavy atom. The third kappa shape index (κ3) is 1.54.